The van der Waals surface area contributed by atoms with Crippen molar-refractivity contribution in [3.05, 3.63) is 33.9 Å². The van der Waals surface area contributed by atoms with Crippen LogP contribution in [0.5, 0.6) is 0 Å². The lowest BCUT2D eigenvalue weighted by Gasteiger charge is -2.47. The Morgan fingerprint density at radius 3 is 2.95 bits per heavy atom. The topological polar surface area (TPSA) is 68.5 Å². The standard InChI is InChI=1S/C15H19NO4/c1-3-10-13(11-4-5-19-14(10)11)16-15(18)12-7-9(17)6-8(2)20-12/h6-7,10-11,13-14H,3-5H2,1-2H3,(H,16,18)/t10-,11+,13-,14-/m0/s1. The third-order valence-electron chi connectivity index (χ3n) is 4.41. The Labute approximate surface area is 117 Å². The highest BCUT2D eigenvalue weighted by Crippen LogP contribution is 2.45. The molecular formula is C15H19NO4. The molecule has 2 heterocycles. The molecule has 0 aromatic carbocycles. The first-order chi connectivity index (χ1) is 9.60. The number of ether oxygens (including phenoxy) is 1. The second-order valence-corrected chi connectivity index (χ2v) is 5.63. The van der Waals surface area contributed by atoms with Crippen molar-refractivity contribution in [2.45, 2.75) is 38.8 Å². The van der Waals surface area contributed by atoms with Gasteiger partial charge >= 0.3 is 0 Å². The van der Waals surface area contributed by atoms with Crippen LogP contribution in [0.15, 0.2) is 21.3 Å². The normalized spacial score (nSPS) is 31.5. The van der Waals surface area contributed by atoms with Crippen LogP contribution >= 0.6 is 0 Å². The molecule has 5 heteroatoms. The number of carbonyl (C=O) groups excluding carboxylic acids is 1. The third-order valence-corrected chi connectivity index (χ3v) is 4.41. The second kappa shape index (κ2) is 5.05. The summed E-state index contributed by atoms with van der Waals surface area (Å²) < 4.78 is 11.0. The van der Waals surface area contributed by atoms with Crippen LogP contribution in [-0.4, -0.2) is 24.7 Å². The first-order valence-corrected chi connectivity index (χ1v) is 7.14. The van der Waals surface area contributed by atoms with E-state index < -0.39 is 0 Å². The summed E-state index contributed by atoms with van der Waals surface area (Å²) in [7, 11) is 0. The molecule has 5 nitrogen and oxygen atoms in total. The minimum atomic E-state index is -0.306. The van der Waals surface area contributed by atoms with E-state index in [1.165, 1.54) is 12.1 Å². The fraction of sp³-hybridized carbons (Fsp3) is 0.600. The summed E-state index contributed by atoms with van der Waals surface area (Å²) in [5.74, 6) is 1.00. The lowest BCUT2D eigenvalue weighted by Crippen LogP contribution is -2.61. The Morgan fingerprint density at radius 1 is 1.45 bits per heavy atom. The molecule has 2 fully saturated rings. The highest BCUT2D eigenvalue weighted by molar-refractivity contribution is 5.91. The van der Waals surface area contributed by atoms with E-state index in [1.54, 1.807) is 6.92 Å². The molecule has 108 valence electrons. The van der Waals surface area contributed by atoms with Gasteiger partial charge in [0.05, 0.1) is 6.10 Å². The number of aryl methyl sites for hydroxylation is 1. The van der Waals surface area contributed by atoms with Crippen molar-refractivity contribution in [1.82, 2.24) is 5.32 Å². The minimum absolute atomic E-state index is 0.0900. The van der Waals surface area contributed by atoms with E-state index in [0.717, 1.165) is 19.4 Å². The predicted molar refractivity (Wildman–Crippen MR) is 72.6 cm³/mol. The van der Waals surface area contributed by atoms with Crippen LogP contribution in [0.25, 0.3) is 0 Å². The summed E-state index contributed by atoms with van der Waals surface area (Å²) in [5, 5.41) is 3.01. The van der Waals surface area contributed by atoms with Crippen LogP contribution in [0, 0.1) is 18.8 Å². The van der Waals surface area contributed by atoms with Crippen molar-refractivity contribution in [2.75, 3.05) is 6.61 Å². The molecule has 0 unspecified atom stereocenters. The Kier molecular flexibility index (Phi) is 3.38. The molecule has 1 amide bonds. The zero-order chi connectivity index (χ0) is 14.3. The SMILES string of the molecule is CC[C@H]1[C@H](NC(=O)c2cc(=O)cc(C)o2)[C@H]2CCO[C@H]21. The van der Waals surface area contributed by atoms with Gasteiger partial charge in [-0.2, -0.15) is 0 Å². The second-order valence-electron chi connectivity index (χ2n) is 5.63. The molecule has 0 bridgehead atoms. The summed E-state index contributed by atoms with van der Waals surface area (Å²) in [5.41, 5.74) is -0.207. The summed E-state index contributed by atoms with van der Waals surface area (Å²) in [4.78, 5) is 23.6. The largest absolute Gasteiger partial charge is 0.456 e. The zero-order valence-electron chi connectivity index (χ0n) is 11.7. The molecule has 1 aliphatic heterocycles. The molecule has 0 radical (unpaired) electrons. The van der Waals surface area contributed by atoms with Crippen LogP contribution in [-0.2, 0) is 4.74 Å². The fourth-order valence-electron chi connectivity index (χ4n) is 3.47. The van der Waals surface area contributed by atoms with Gasteiger partial charge in [0.15, 0.2) is 11.2 Å². The quantitative estimate of drug-likeness (QED) is 0.909. The highest BCUT2D eigenvalue weighted by Gasteiger charge is 2.53. The fourth-order valence-corrected chi connectivity index (χ4v) is 3.47. The molecule has 2 aliphatic rings. The highest BCUT2D eigenvalue weighted by atomic mass is 16.5. The van der Waals surface area contributed by atoms with Gasteiger partial charge < -0.3 is 14.5 Å². The lowest BCUT2D eigenvalue weighted by atomic mass is 9.65. The van der Waals surface area contributed by atoms with Crippen LogP contribution in [0.4, 0.5) is 0 Å². The van der Waals surface area contributed by atoms with Gasteiger partial charge in [-0.15, -0.1) is 0 Å². The Bertz CT molecular complexity index is 579. The number of amides is 1. The molecule has 1 N–H and O–H groups in total. The molecular weight excluding hydrogens is 258 g/mol. The molecule has 20 heavy (non-hydrogen) atoms. The van der Waals surface area contributed by atoms with Crippen molar-refractivity contribution in [3.8, 4) is 0 Å². The van der Waals surface area contributed by atoms with E-state index in [-0.39, 0.29) is 29.2 Å². The maximum Gasteiger partial charge on any atom is 0.287 e. The summed E-state index contributed by atoms with van der Waals surface area (Å²) >= 11 is 0. The maximum absolute atomic E-state index is 12.2. The van der Waals surface area contributed by atoms with Gasteiger partial charge in [-0.05, 0) is 19.8 Å². The van der Waals surface area contributed by atoms with Gasteiger partial charge in [0.25, 0.3) is 5.91 Å². The van der Waals surface area contributed by atoms with Gasteiger partial charge in [-0.25, -0.2) is 0 Å². The Morgan fingerprint density at radius 2 is 2.25 bits per heavy atom. The lowest BCUT2D eigenvalue weighted by molar-refractivity contribution is -0.0547. The molecule has 3 rings (SSSR count). The van der Waals surface area contributed by atoms with Crippen LogP contribution < -0.4 is 10.7 Å². The Balaban J connectivity index is 1.74. The predicted octanol–water partition coefficient (Wildman–Crippen LogP) is 1.49. The van der Waals surface area contributed by atoms with E-state index in [4.69, 9.17) is 9.15 Å². The molecule has 1 aliphatic carbocycles. The van der Waals surface area contributed by atoms with E-state index >= 15 is 0 Å². The van der Waals surface area contributed by atoms with E-state index in [9.17, 15) is 9.59 Å². The summed E-state index contributed by atoms with van der Waals surface area (Å²) in [6, 6.07) is 2.74. The minimum Gasteiger partial charge on any atom is -0.456 e. The monoisotopic (exact) mass is 277 g/mol. The zero-order valence-corrected chi connectivity index (χ0v) is 11.7. The number of hydrogen-bond acceptors (Lipinski definition) is 4. The average Bonchev–Trinajstić information content (AvgIpc) is 2.79. The number of hydrogen-bond donors (Lipinski definition) is 1. The van der Waals surface area contributed by atoms with Gasteiger partial charge in [-0.3, -0.25) is 9.59 Å². The maximum atomic E-state index is 12.2. The van der Waals surface area contributed by atoms with Gasteiger partial charge in [0.2, 0.25) is 0 Å². The van der Waals surface area contributed by atoms with Crippen molar-refractivity contribution >= 4 is 5.91 Å². The first-order valence-electron chi connectivity index (χ1n) is 7.14. The average molecular weight is 277 g/mol. The first kappa shape index (κ1) is 13.4. The number of rotatable bonds is 3. The smallest absolute Gasteiger partial charge is 0.287 e. The number of nitrogens with one attached hydrogen (secondary N) is 1. The van der Waals surface area contributed by atoms with Crippen molar-refractivity contribution in [3.63, 3.8) is 0 Å². The third kappa shape index (κ3) is 2.16. The molecule has 1 saturated carbocycles. The van der Waals surface area contributed by atoms with E-state index in [2.05, 4.69) is 12.2 Å². The van der Waals surface area contributed by atoms with Crippen LogP contribution in [0.3, 0.4) is 0 Å². The Hall–Kier alpha value is -1.62. The van der Waals surface area contributed by atoms with E-state index in [1.807, 2.05) is 0 Å². The molecule has 4 atom stereocenters. The van der Waals surface area contributed by atoms with Crippen LogP contribution in [0.2, 0.25) is 0 Å². The molecule has 1 aromatic rings. The summed E-state index contributed by atoms with van der Waals surface area (Å²) in [6.45, 7) is 4.55. The van der Waals surface area contributed by atoms with Crippen molar-refractivity contribution in [2.24, 2.45) is 11.8 Å². The van der Waals surface area contributed by atoms with Crippen molar-refractivity contribution < 1.29 is 13.9 Å². The van der Waals surface area contributed by atoms with Gasteiger partial charge in [-0.1, -0.05) is 6.92 Å². The van der Waals surface area contributed by atoms with Crippen LogP contribution in [0.1, 0.15) is 36.1 Å². The molecule has 1 saturated heterocycles. The van der Waals surface area contributed by atoms with E-state index in [0.29, 0.717) is 17.6 Å². The van der Waals surface area contributed by atoms with Crippen molar-refractivity contribution in [1.29, 1.82) is 0 Å². The van der Waals surface area contributed by atoms with Gasteiger partial charge in [0, 0.05) is 36.6 Å². The van der Waals surface area contributed by atoms with Gasteiger partial charge in [0.1, 0.15) is 5.76 Å². The number of carbonyl (C=O) groups is 1. The molecule has 1 aromatic heterocycles. The summed E-state index contributed by atoms with van der Waals surface area (Å²) in [6.07, 6.45) is 2.25. The molecule has 0 spiro atoms. The number of fused-ring (bicyclic) bond motifs is 1.